The minimum absolute atomic E-state index is 0.0234. The second kappa shape index (κ2) is 5.63. The minimum atomic E-state index is -0.700. The number of nitro groups is 1. The smallest absolute Gasteiger partial charge is 0.345 e. The van der Waals surface area contributed by atoms with Gasteiger partial charge in [-0.15, -0.1) is 11.6 Å². The van der Waals surface area contributed by atoms with Crippen molar-refractivity contribution >= 4 is 23.3 Å². The van der Waals surface area contributed by atoms with Crippen LogP contribution >= 0.6 is 11.6 Å². The third-order valence-corrected chi connectivity index (χ3v) is 2.44. The highest BCUT2D eigenvalue weighted by Crippen LogP contribution is 2.27. The molecule has 0 spiro atoms. The fourth-order valence-electron chi connectivity index (χ4n) is 1.54. The zero-order chi connectivity index (χ0) is 13.0. The Morgan fingerprint density at radius 3 is 2.65 bits per heavy atom. The summed E-state index contributed by atoms with van der Waals surface area (Å²) < 4.78 is 4.79. The molecule has 0 saturated heterocycles. The van der Waals surface area contributed by atoms with E-state index in [-0.39, 0.29) is 23.7 Å². The summed E-state index contributed by atoms with van der Waals surface area (Å²) in [6.07, 6.45) is 0. The van der Waals surface area contributed by atoms with E-state index in [4.69, 9.17) is 16.3 Å². The number of nitro benzene ring substituents is 1. The van der Waals surface area contributed by atoms with Crippen molar-refractivity contribution in [3.05, 3.63) is 38.9 Å². The van der Waals surface area contributed by atoms with Gasteiger partial charge < -0.3 is 4.74 Å². The summed E-state index contributed by atoms with van der Waals surface area (Å²) in [5.74, 6) is -0.723. The van der Waals surface area contributed by atoms with Crippen molar-refractivity contribution in [2.75, 3.05) is 6.61 Å². The van der Waals surface area contributed by atoms with Gasteiger partial charge in [-0.05, 0) is 31.5 Å². The van der Waals surface area contributed by atoms with E-state index in [9.17, 15) is 14.9 Å². The number of rotatable bonds is 4. The summed E-state index contributed by atoms with van der Waals surface area (Å²) in [4.78, 5) is 22.0. The zero-order valence-electron chi connectivity index (χ0n) is 9.53. The lowest BCUT2D eigenvalue weighted by Gasteiger charge is -2.07. The molecule has 5 nitrogen and oxygen atoms in total. The van der Waals surface area contributed by atoms with E-state index in [0.29, 0.717) is 5.56 Å². The topological polar surface area (TPSA) is 69.4 Å². The maximum Gasteiger partial charge on any atom is 0.345 e. The standard InChI is InChI=1S/C11H12ClNO4/c1-3-17-11(14)9-5-7(2)4-8(6-12)10(9)13(15)16/h4-5H,3,6H2,1-2H3. The largest absolute Gasteiger partial charge is 0.462 e. The SMILES string of the molecule is CCOC(=O)c1cc(C)cc(CCl)c1[N+](=O)[O-]. The summed E-state index contributed by atoms with van der Waals surface area (Å²) in [6.45, 7) is 3.55. The maximum atomic E-state index is 11.6. The summed E-state index contributed by atoms with van der Waals surface area (Å²) in [6, 6.07) is 3.03. The molecular weight excluding hydrogens is 246 g/mol. The second-order valence-electron chi connectivity index (χ2n) is 3.43. The summed E-state index contributed by atoms with van der Waals surface area (Å²) in [5.41, 5.74) is 0.727. The van der Waals surface area contributed by atoms with E-state index in [2.05, 4.69) is 0 Å². The van der Waals surface area contributed by atoms with Crippen LogP contribution in [0, 0.1) is 17.0 Å². The number of hydrogen-bond acceptors (Lipinski definition) is 4. The Labute approximate surface area is 103 Å². The first kappa shape index (κ1) is 13.4. The van der Waals surface area contributed by atoms with Gasteiger partial charge in [0.25, 0.3) is 5.69 Å². The molecule has 0 unspecified atom stereocenters. The van der Waals surface area contributed by atoms with Crippen LogP contribution < -0.4 is 0 Å². The monoisotopic (exact) mass is 257 g/mol. The molecule has 0 aromatic heterocycles. The lowest BCUT2D eigenvalue weighted by Crippen LogP contribution is -2.10. The van der Waals surface area contributed by atoms with E-state index in [1.807, 2.05) is 0 Å². The van der Waals surface area contributed by atoms with Gasteiger partial charge in [-0.3, -0.25) is 10.1 Å². The van der Waals surface area contributed by atoms with Crippen LogP contribution in [0.1, 0.15) is 28.4 Å². The molecule has 1 aromatic carbocycles. The van der Waals surface area contributed by atoms with Crippen LogP contribution in [0.15, 0.2) is 12.1 Å². The van der Waals surface area contributed by atoms with Gasteiger partial charge in [-0.25, -0.2) is 4.79 Å². The zero-order valence-corrected chi connectivity index (χ0v) is 10.3. The van der Waals surface area contributed by atoms with Gasteiger partial charge in [0.2, 0.25) is 0 Å². The highest BCUT2D eigenvalue weighted by Gasteiger charge is 2.25. The van der Waals surface area contributed by atoms with E-state index in [1.54, 1.807) is 19.9 Å². The quantitative estimate of drug-likeness (QED) is 0.360. The first-order chi connectivity index (χ1) is 8.01. The molecule has 6 heteroatoms. The van der Waals surface area contributed by atoms with E-state index in [0.717, 1.165) is 5.56 Å². The van der Waals surface area contributed by atoms with Crippen LogP contribution in [-0.2, 0) is 10.6 Å². The predicted octanol–water partition coefficient (Wildman–Crippen LogP) is 2.82. The Balaban J connectivity index is 3.40. The van der Waals surface area contributed by atoms with Crippen molar-refractivity contribution in [3.63, 3.8) is 0 Å². The van der Waals surface area contributed by atoms with Crippen LogP contribution in [0.5, 0.6) is 0 Å². The normalized spacial score (nSPS) is 10.1. The summed E-state index contributed by atoms with van der Waals surface area (Å²) in [5, 5.41) is 11.0. The third kappa shape index (κ3) is 2.94. The number of aryl methyl sites for hydroxylation is 1. The molecule has 0 N–H and O–H groups in total. The minimum Gasteiger partial charge on any atom is -0.462 e. The number of benzene rings is 1. The van der Waals surface area contributed by atoms with E-state index >= 15 is 0 Å². The fraction of sp³-hybridized carbons (Fsp3) is 0.364. The number of esters is 1. The summed E-state index contributed by atoms with van der Waals surface area (Å²) >= 11 is 5.65. The first-order valence-corrected chi connectivity index (χ1v) is 5.55. The Morgan fingerprint density at radius 2 is 2.18 bits per heavy atom. The van der Waals surface area contributed by atoms with Crippen molar-refractivity contribution in [2.45, 2.75) is 19.7 Å². The number of carbonyl (C=O) groups excluding carboxylic acids is 1. The molecule has 0 fully saturated rings. The van der Waals surface area contributed by atoms with Gasteiger partial charge in [0.1, 0.15) is 5.56 Å². The van der Waals surface area contributed by atoms with E-state index < -0.39 is 10.9 Å². The molecule has 0 heterocycles. The number of ether oxygens (including phenoxy) is 1. The molecule has 1 rings (SSSR count). The van der Waals surface area contributed by atoms with Crippen molar-refractivity contribution in [3.8, 4) is 0 Å². The molecule has 0 aliphatic heterocycles. The molecule has 0 amide bonds. The third-order valence-electron chi connectivity index (χ3n) is 2.16. The molecule has 0 radical (unpaired) electrons. The lowest BCUT2D eigenvalue weighted by atomic mass is 10.0. The highest BCUT2D eigenvalue weighted by atomic mass is 35.5. The fourth-order valence-corrected chi connectivity index (χ4v) is 1.74. The van der Waals surface area contributed by atoms with Gasteiger partial charge in [0.15, 0.2) is 0 Å². The molecule has 0 saturated carbocycles. The average Bonchev–Trinajstić information content (AvgIpc) is 2.27. The number of alkyl halides is 1. The summed E-state index contributed by atoms with van der Waals surface area (Å²) in [7, 11) is 0. The van der Waals surface area contributed by atoms with Crippen molar-refractivity contribution in [1.29, 1.82) is 0 Å². The molecule has 0 bridgehead atoms. The van der Waals surface area contributed by atoms with Gasteiger partial charge in [-0.1, -0.05) is 0 Å². The molecule has 0 aliphatic carbocycles. The lowest BCUT2D eigenvalue weighted by molar-refractivity contribution is -0.385. The Morgan fingerprint density at radius 1 is 1.53 bits per heavy atom. The van der Waals surface area contributed by atoms with E-state index in [1.165, 1.54) is 6.07 Å². The van der Waals surface area contributed by atoms with Crippen molar-refractivity contribution in [1.82, 2.24) is 0 Å². The molecule has 0 atom stereocenters. The van der Waals surface area contributed by atoms with Crippen LogP contribution in [0.3, 0.4) is 0 Å². The maximum absolute atomic E-state index is 11.6. The number of carbonyl (C=O) groups is 1. The Kier molecular flexibility index (Phi) is 4.45. The van der Waals surface area contributed by atoms with Gasteiger partial charge in [0, 0.05) is 5.56 Å². The molecule has 0 aliphatic rings. The van der Waals surface area contributed by atoms with Crippen LogP contribution in [0.2, 0.25) is 0 Å². The molecule has 1 aromatic rings. The number of hydrogen-bond donors (Lipinski definition) is 0. The molecule has 17 heavy (non-hydrogen) atoms. The van der Waals surface area contributed by atoms with Gasteiger partial charge in [-0.2, -0.15) is 0 Å². The van der Waals surface area contributed by atoms with Crippen molar-refractivity contribution in [2.24, 2.45) is 0 Å². The molecular formula is C11H12ClNO4. The van der Waals surface area contributed by atoms with Gasteiger partial charge >= 0.3 is 5.97 Å². The predicted molar refractivity (Wildman–Crippen MR) is 63.3 cm³/mol. The van der Waals surface area contributed by atoms with Gasteiger partial charge in [0.05, 0.1) is 17.4 Å². The second-order valence-corrected chi connectivity index (χ2v) is 3.70. The van der Waals surface area contributed by atoms with Crippen molar-refractivity contribution < 1.29 is 14.5 Å². The van der Waals surface area contributed by atoms with Crippen LogP contribution in [0.25, 0.3) is 0 Å². The number of nitrogens with zero attached hydrogens (tertiary/aromatic N) is 1. The Hall–Kier alpha value is -1.62. The average molecular weight is 258 g/mol. The van der Waals surface area contributed by atoms with Crippen LogP contribution in [-0.4, -0.2) is 17.5 Å². The van der Waals surface area contributed by atoms with Crippen LogP contribution in [0.4, 0.5) is 5.69 Å². The highest BCUT2D eigenvalue weighted by molar-refractivity contribution is 6.17. The number of halogens is 1. The Bertz CT molecular complexity index is 459. The first-order valence-electron chi connectivity index (χ1n) is 5.02. The molecule has 92 valence electrons.